The lowest BCUT2D eigenvalue weighted by atomic mass is 9.82. The van der Waals surface area contributed by atoms with Crippen LogP contribution in [0.15, 0.2) is 42.9 Å². The van der Waals surface area contributed by atoms with Gasteiger partial charge in [-0.05, 0) is 43.9 Å². The summed E-state index contributed by atoms with van der Waals surface area (Å²) >= 11 is 0. The highest BCUT2D eigenvalue weighted by molar-refractivity contribution is 5.96. The van der Waals surface area contributed by atoms with Crippen LogP contribution in [0, 0.1) is 0 Å². The van der Waals surface area contributed by atoms with Gasteiger partial charge in [0.05, 0.1) is 23.8 Å². The molecule has 2 fully saturated rings. The fourth-order valence-corrected chi connectivity index (χ4v) is 4.54. The van der Waals surface area contributed by atoms with Crippen molar-refractivity contribution in [2.75, 3.05) is 19.6 Å². The zero-order chi connectivity index (χ0) is 23.4. The average molecular weight is 461 g/mol. The predicted octanol–water partition coefficient (Wildman–Crippen LogP) is 2.75. The molecule has 1 aliphatic heterocycles. The van der Waals surface area contributed by atoms with Crippen LogP contribution in [0.1, 0.15) is 53.2 Å². The second-order valence-electron chi connectivity index (χ2n) is 8.62. The van der Waals surface area contributed by atoms with Crippen LogP contribution in [-0.4, -0.2) is 58.4 Å². The number of rotatable bonds is 6. The Labute approximate surface area is 189 Å². The van der Waals surface area contributed by atoms with Gasteiger partial charge >= 0.3 is 6.18 Å². The lowest BCUT2D eigenvalue weighted by Crippen LogP contribution is -2.63. The van der Waals surface area contributed by atoms with E-state index in [1.807, 2.05) is 6.20 Å². The van der Waals surface area contributed by atoms with Crippen LogP contribution >= 0.6 is 0 Å². The lowest BCUT2D eigenvalue weighted by molar-refractivity contribution is -0.137. The van der Waals surface area contributed by atoms with E-state index in [9.17, 15) is 22.8 Å². The minimum atomic E-state index is -4.53. The Morgan fingerprint density at radius 1 is 1.09 bits per heavy atom. The molecule has 10 heteroatoms. The predicted molar refractivity (Wildman–Crippen MR) is 114 cm³/mol. The molecule has 7 nitrogen and oxygen atoms in total. The number of hydrogen-bond acceptors (Lipinski definition) is 5. The maximum Gasteiger partial charge on any atom is 0.416 e. The molecular weight excluding hydrogens is 435 g/mol. The quantitative estimate of drug-likeness (QED) is 0.691. The Bertz CT molecular complexity index is 972. The van der Waals surface area contributed by atoms with Crippen molar-refractivity contribution in [3.05, 3.63) is 59.7 Å². The van der Waals surface area contributed by atoms with E-state index < -0.39 is 17.6 Å². The second-order valence-corrected chi connectivity index (χ2v) is 8.62. The molecule has 1 aromatic heterocycles. The van der Waals surface area contributed by atoms with Gasteiger partial charge in [-0.15, -0.1) is 0 Å². The van der Waals surface area contributed by atoms with Crippen molar-refractivity contribution < 1.29 is 22.8 Å². The zero-order valence-electron chi connectivity index (χ0n) is 18.0. The Hall–Kier alpha value is -3.01. The van der Waals surface area contributed by atoms with E-state index in [4.69, 9.17) is 0 Å². The van der Waals surface area contributed by atoms with E-state index in [1.165, 1.54) is 12.1 Å². The molecule has 1 saturated heterocycles. The van der Waals surface area contributed by atoms with E-state index in [0.29, 0.717) is 12.0 Å². The van der Waals surface area contributed by atoms with Gasteiger partial charge in [0.1, 0.15) is 0 Å². The van der Waals surface area contributed by atoms with E-state index in [0.717, 1.165) is 56.6 Å². The third kappa shape index (κ3) is 5.87. The molecule has 2 aliphatic rings. The summed E-state index contributed by atoms with van der Waals surface area (Å²) in [5.74, 6) is -0.621. The Morgan fingerprint density at radius 3 is 2.52 bits per heavy atom. The molecule has 0 spiro atoms. The van der Waals surface area contributed by atoms with Crippen LogP contribution in [-0.2, 0) is 11.0 Å². The van der Waals surface area contributed by atoms with Crippen LogP contribution in [0.25, 0.3) is 0 Å². The van der Waals surface area contributed by atoms with Crippen molar-refractivity contribution in [1.82, 2.24) is 25.5 Å². The minimum Gasteiger partial charge on any atom is -0.349 e. The highest BCUT2D eigenvalue weighted by atomic mass is 19.4. The topological polar surface area (TPSA) is 87.2 Å². The molecule has 0 bridgehead atoms. The molecule has 0 atom stereocenters. The highest BCUT2D eigenvalue weighted by Gasteiger charge is 2.35. The number of halogens is 3. The number of aromatic nitrogens is 2. The summed E-state index contributed by atoms with van der Waals surface area (Å²) in [4.78, 5) is 35.2. The van der Waals surface area contributed by atoms with Crippen LogP contribution in [0.2, 0.25) is 0 Å². The van der Waals surface area contributed by atoms with Gasteiger partial charge in [0, 0.05) is 49.2 Å². The second kappa shape index (κ2) is 9.86. The number of carbonyl (C=O) groups excluding carboxylic acids is 2. The fraction of sp³-hybridized carbons (Fsp3) is 0.478. The van der Waals surface area contributed by atoms with E-state index in [1.54, 1.807) is 12.4 Å². The van der Waals surface area contributed by atoms with E-state index >= 15 is 0 Å². The van der Waals surface area contributed by atoms with Crippen LogP contribution < -0.4 is 10.6 Å². The Balaban J connectivity index is 1.16. The molecule has 4 rings (SSSR count). The summed E-state index contributed by atoms with van der Waals surface area (Å²) in [6.07, 6.45) is 5.01. The fourth-order valence-electron chi connectivity index (χ4n) is 4.54. The first-order chi connectivity index (χ1) is 15.8. The average Bonchev–Trinajstić information content (AvgIpc) is 2.80. The van der Waals surface area contributed by atoms with Crippen molar-refractivity contribution in [3.63, 3.8) is 0 Å². The maximum atomic E-state index is 12.8. The summed E-state index contributed by atoms with van der Waals surface area (Å²) in [6, 6.07) is 4.63. The van der Waals surface area contributed by atoms with Gasteiger partial charge in [-0.2, -0.15) is 13.2 Å². The number of nitrogens with one attached hydrogen (secondary N) is 2. The van der Waals surface area contributed by atoms with Gasteiger partial charge in [-0.3, -0.25) is 24.5 Å². The SMILES string of the molecule is O=C(CNC(=O)c1cccc(C(F)(F)F)c1)NC1CN([C@H]2CC[C@@H](c3cnccn3)CC2)C1. The molecule has 1 aliphatic carbocycles. The number of alkyl halides is 3. The summed E-state index contributed by atoms with van der Waals surface area (Å²) in [5, 5.41) is 5.25. The standard InChI is InChI=1S/C23H26F3N5O2/c24-23(25,26)17-3-1-2-16(10-17)22(33)29-12-21(32)30-18-13-31(14-18)19-6-4-15(5-7-19)20-11-27-8-9-28-20/h1-3,8-11,15,18-19H,4-7,12-14H2,(H,29,33)(H,30,32)/t15-,19+. The van der Waals surface area contributed by atoms with Crippen molar-refractivity contribution >= 4 is 11.8 Å². The number of hydrogen-bond donors (Lipinski definition) is 2. The molecule has 176 valence electrons. The van der Waals surface area contributed by atoms with Gasteiger partial charge < -0.3 is 10.6 Å². The number of carbonyl (C=O) groups is 2. The smallest absolute Gasteiger partial charge is 0.349 e. The first kappa shape index (κ1) is 23.2. The molecule has 2 N–H and O–H groups in total. The summed E-state index contributed by atoms with van der Waals surface area (Å²) in [7, 11) is 0. The van der Waals surface area contributed by atoms with Gasteiger partial charge in [0.25, 0.3) is 5.91 Å². The number of amides is 2. The Kier molecular flexibility index (Phi) is 6.92. The van der Waals surface area contributed by atoms with Crippen molar-refractivity contribution in [1.29, 1.82) is 0 Å². The normalized spacial score (nSPS) is 21.8. The Morgan fingerprint density at radius 2 is 1.85 bits per heavy atom. The summed E-state index contributed by atoms with van der Waals surface area (Å²) in [6.45, 7) is 1.23. The summed E-state index contributed by atoms with van der Waals surface area (Å²) < 4.78 is 38.4. The number of likely N-dealkylation sites (tertiary alicyclic amines) is 1. The van der Waals surface area contributed by atoms with Crippen molar-refractivity contribution in [2.45, 2.75) is 49.9 Å². The van der Waals surface area contributed by atoms with Gasteiger partial charge in [-0.25, -0.2) is 0 Å². The molecule has 1 aromatic carbocycles. The molecule has 2 amide bonds. The largest absolute Gasteiger partial charge is 0.416 e. The van der Waals surface area contributed by atoms with Crippen LogP contribution in [0.5, 0.6) is 0 Å². The molecule has 0 radical (unpaired) electrons. The first-order valence-corrected chi connectivity index (χ1v) is 11.0. The van der Waals surface area contributed by atoms with Crippen molar-refractivity contribution in [2.24, 2.45) is 0 Å². The van der Waals surface area contributed by atoms with Crippen LogP contribution in [0.4, 0.5) is 13.2 Å². The van der Waals surface area contributed by atoms with Gasteiger partial charge in [-0.1, -0.05) is 6.07 Å². The third-order valence-corrected chi connectivity index (χ3v) is 6.35. The molecular formula is C23H26F3N5O2. The highest BCUT2D eigenvalue weighted by Crippen LogP contribution is 2.35. The van der Waals surface area contributed by atoms with E-state index in [-0.39, 0.29) is 24.1 Å². The van der Waals surface area contributed by atoms with Crippen molar-refractivity contribution in [3.8, 4) is 0 Å². The third-order valence-electron chi connectivity index (χ3n) is 6.35. The van der Waals surface area contributed by atoms with Crippen LogP contribution in [0.3, 0.4) is 0 Å². The van der Waals surface area contributed by atoms with E-state index in [2.05, 4.69) is 25.5 Å². The number of benzene rings is 1. The molecule has 1 saturated carbocycles. The van der Waals surface area contributed by atoms with Gasteiger partial charge in [0.2, 0.25) is 5.91 Å². The molecule has 2 heterocycles. The first-order valence-electron chi connectivity index (χ1n) is 11.0. The van der Waals surface area contributed by atoms with Gasteiger partial charge in [0.15, 0.2) is 0 Å². The molecule has 33 heavy (non-hydrogen) atoms. The maximum absolute atomic E-state index is 12.8. The lowest BCUT2D eigenvalue weighted by Gasteiger charge is -2.46. The monoisotopic (exact) mass is 461 g/mol. The number of nitrogens with zero attached hydrogens (tertiary/aromatic N) is 3. The molecule has 2 aromatic rings. The minimum absolute atomic E-state index is 0.0145. The summed E-state index contributed by atoms with van der Waals surface area (Å²) in [5.41, 5.74) is 0.0151. The zero-order valence-corrected chi connectivity index (χ0v) is 18.0. The molecule has 0 unspecified atom stereocenters.